The molecule has 1 rings (SSSR count). The third-order valence-electron chi connectivity index (χ3n) is 2.93. The minimum Gasteiger partial charge on any atom is -0.481 e. The Hall–Kier alpha value is -1.84. The van der Waals surface area contributed by atoms with Crippen LogP contribution in [0.4, 0.5) is 0 Å². The highest BCUT2D eigenvalue weighted by Gasteiger charge is 2.18. The molecule has 0 saturated heterocycles. The molecule has 0 aliphatic carbocycles. The molecule has 0 fully saturated rings. The first kappa shape index (κ1) is 14.2. The minimum absolute atomic E-state index is 0.0200. The molecule has 98 valence electrons. The standard InChI is InChI=1S/C14H19NO3/c1-11(12-7-4-3-5-8-12)14(18)15(2)10-6-9-13(16)17/h3-5,7-8,11H,6,9-10H2,1-2H3,(H,16,17). The number of carbonyl (C=O) groups is 2. The molecule has 4 nitrogen and oxygen atoms in total. The Morgan fingerprint density at radius 2 is 1.89 bits per heavy atom. The minimum atomic E-state index is -0.827. The van der Waals surface area contributed by atoms with Gasteiger partial charge in [0.1, 0.15) is 0 Å². The van der Waals surface area contributed by atoms with Crippen molar-refractivity contribution in [1.29, 1.82) is 0 Å². The number of nitrogens with zero attached hydrogens (tertiary/aromatic N) is 1. The van der Waals surface area contributed by atoms with Crippen molar-refractivity contribution in [3.63, 3.8) is 0 Å². The second kappa shape index (κ2) is 6.79. The predicted molar refractivity (Wildman–Crippen MR) is 69.4 cm³/mol. The molecule has 0 saturated carbocycles. The van der Waals surface area contributed by atoms with E-state index in [-0.39, 0.29) is 18.2 Å². The molecular weight excluding hydrogens is 230 g/mol. The lowest BCUT2D eigenvalue weighted by atomic mass is 10.00. The molecule has 1 aromatic rings. The van der Waals surface area contributed by atoms with E-state index in [1.54, 1.807) is 11.9 Å². The third kappa shape index (κ3) is 4.20. The normalized spacial score (nSPS) is 11.9. The summed E-state index contributed by atoms with van der Waals surface area (Å²) in [5, 5.41) is 8.55. The number of rotatable bonds is 6. The lowest BCUT2D eigenvalue weighted by Gasteiger charge is -2.21. The number of hydrogen-bond acceptors (Lipinski definition) is 2. The summed E-state index contributed by atoms with van der Waals surface area (Å²) in [7, 11) is 1.71. The zero-order chi connectivity index (χ0) is 13.5. The molecule has 0 aromatic heterocycles. The van der Waals surface area contributed by atoms with Crippen molar-refractivity contribution >= 4 is 11.9 Å². The van der Waals surface area contributed by atoms with Gasteiger partial charge in [-0.2, -0.15) is 0 Å². The molecule has 1 aromatic carbocycles. The Balaban J connectivity index is 2.50. The van der Waals surface area contributed by atoms with Crippen LogP contribution in [0, 0.1) is 0 Å². The number of amides is 1. The van der Waals surface area contributed by atoms with Gasteiger partial charge in [0.05, 0.1) is 5.92 Å². The van der Waals surface area contributed by atoms with E-state index in [1.165, 1.54) is 0 Å². The molecule has 0 spiro atoms. The van der Waals surface area contributed by atoms with Crippen LogP contribution >= 0.6 is 0 Å². The molecule has 1 atom stereocenters. The summed E-state index contributed by atoms with van der Waals surface area (Å²) in [5.41, 5.74) is 0.979. The van der Waals surface area contributed by atoms with Crippen molar-refractivity contribution < 1.29 is 14.7 Å². The first-order valence-corrected chi connectivity index (χ1v) is 6.04. The van der Waals surface area contributed by atoms with Gasteiger partial charge >= 0.3 is 5.97 Å². The fraction of sp³-hybridized carbons (Fsp3) is 0.429. The van der Waals surface area contributed by atoms with Crippen LogP contribution in [0.2, 0.25) is 0 Å². The second-order valence-corrected chi connectivity index (χ2v) is 4.39. The van der Waals surface area contributed by atoms with Crippen molar-refractivity contribution in [2.75, 3.05) is 13.6 Å². The molecular formula is C14H19NO3. The average molecular weight is 249 g/mol. The molecule has 1 unspecified atom stereocenters. The third-order valence-corrected chi connectivity index (χ3v) is 2.93. The van der Waals surface area contributed by atoms with E-state index < -0.39 is 5.97 Å². The molecule has 0 bridgehead atoms. The second-order valence-electron chi connectivity index (χ2n) is 4.39. The summed E-state index contributed by atoms with van der Waals surface area (Å²) in [6, 6.07) is 9.58. The van der Waals surface area contributed by atoms with Gasteiger partial charge in [-0.15, -0.1) is 0 Å². The van der Waals surface area contributed by atoms with Crippen LogP contribution in [-0.4, -0.2) is 35.5 Å². The van der Waals surface area contributed by atoms with Crippen LogP contribution in [0.3, 0.4) is 0 Å². The largest absolute Gasteiger partial charge is 0.481 e. The zero-order valence-corrected chi connectivity index (χ0v) is 10.8. The molecule has 0 radical (unpaired) electrons. The van der Waals surface area contributed by atoms with E-state index >= 15 is 0 Å². The van der Waals surface area contributed by atoms with Gasteiger partial charge in [-0.05, 0) is 18.9 Å². The highest BCUT2D eigenvalue weighted by Crippen LogP contribution is 2.17. The first-order valence-electron chi connectivity index (χ1n) is 6.04. The van der Waals surface area contributed by atoms with Gasteiger partial charge in [0.15, 0.2) is 0 Å². The van der Waals surface area contributed by atoms with Crippen LogP contribution in [0.25, 0.3) is 0 Å². The number of likely N-dealkylation sites (N-methyl/N-ethyl adjacent to an activating group) is 1. The Morgan fingerprint density at radius 1 is 1.28 bits per heavy atom. The summed E-state index contributed by atoms with van der Waals surface area (Å²) < 4.78 is 0. The number of carbonyl (C=O) groups excluding carboxylic acids is 1. The fourth-order valence-electron chi connectivity index (χ4n) is 1.79. The highest BCUT2D eigenvalue weighted by atomic mass is 16.4. The van der Waals surface area contributed by atoms with Gasteiger partial charge in [0.2, 0.25) is 5.91 Å². The van der Waals surface area contributed by atoms with E-state index in [1.807, 2.05) is 37.3 Å². The van der Waals surface area contributed by atoms with Gasteiger partial charge in [0, 0.05) is 20.0 Å². The number of carboxylic acid groups (broad SMARTS) is 1. The van der Waals surface area contributed by atoms with Crippen molar-refractivity contribution in [3.8, 4) is 0 Å². The Labute approximate surface area is 107 Å². The van der Waals surface area contributed by atoms with Crippen LogP contribution in [0.1, 0.15) is 31.2 Å². The average Bonchev–Trinajstić information content (AvgIpc) is 2.37. The zero-order valence-electron chi connectivity index (χ0n) is 10.8. The van der Waals surface area contributed by atoms with E-state index in [0.29, 0.717) is 13.0 Å². The van der Waals surface area contributed by atoms with Crippen LogP contribution in [0.15, 0.2) is 30.3 Å². The molecule has 1 N–H and O–H groups in total. The SMILES string of the molecule is CC(C(=O)N(C)CCCC(=O)O)c1ccccc1. The molecule has 0 heterocycles. The first-order chi connectivity index (χ1) is 8.52. The van der Waals surface area contributed by atoms with Gasteiger partial charge < -0.3 is 10.0 Å². The van der Waals surface area contributed by atoms with E-state index in [9.17, 15) is 9.59 Å². The maximum atomic E-state index is 12.1. The van der Waals surface area contributed by atoms with Crippen molar-refractivity contribution in [2.24, 2.45) is 0 Å². The van der Waals surface area contributed by atoms with Gasteiger partial charge in [-0.25, -0.2) is 0 Å². The molecule has 18 heavy (non-hydrogen) atoms. The fourth-order valence-corrected chi connectivity index (χ4v) is 1.79. The molecule has 4 heteroatoms. The van der Waals surface area contributed by atoms with E-state index in [4.69, 9.17) is 5.11 Å². The Morgan fingerprint density at radius 3 is 2.44 bits per heavy atom. The van der Waals surface area contributed by atoms with Crippen LogP contribution in [0.5, 0.6) is 0 Å². The van der Waals surface area contributed by atoms with Crippen molar-refractivity contribution in [3.05, 3.63) is 35.9 Å². The summed E-state index contributed by atoms with van der Waals surface area (Å²) in [4.78, 5) is 24.1. The van der Waals surface area contributed by atoms with Gasteiger partial charge in [-0.3, -0.25) is 9.59 Å². The topological polar surface area (TPSA) is 57.6 Å². The van der Waals surface area contributed by atoms with Gasteiger partial charge in [-0.1, -0.05) is 30.3 Å². The molecule has 0 aliphatic rings. The number of aliphatic carboxylic acids is 1. The summed E-state index contributed by atoms with van der Waals surface area (Å²) in [5.74, 6) is -1.00. The maximum absolute atomic E-state index is 12.1. The number of hydrogen-bond donors (Lipinski definition) is 1. The quantitative estimate of drug-likeness (QED) is 0.840. The van der Waals surface area contributed by atoms with Gasteiger partial charge in [0.25, 0.3) is 0 Å². The summed E-state index contributed by atoms with van der Waals surface area (Å²) in [6.45, 7) is 2.34. The highest BCUT2D eigenvalue weighted by molar-refractivity contribution is 5.83. The van der Waals surface area contributed by atoms with E-state index in [0.717, 1.165) is 5.56 Å². The monoisotopic (exact) mass is 249 g/mol. The number of benzene rings is 1. The van der Waals surface area contributed by atoms with E-state index in [2.05, 4.69) is 0 Å². The maximum Gasteiger partial charge on any atom is 0.303 e. The van der Waals surface area contributed by atoms with Crippen molar-refractivity contribution in [2.45, 2.75) is 25.7 Å². The molecule has 1 amide bonds. The Kier molecular flexibility index (Phi) is 5.36. The van der Waals surface area contributed by atoms with Crippen molar-refractivity contribution in [1.82, 2.24) is 4.90 Å². The lowest BCUT2D eigenvalue weighted by molar-refractivity contribution is -0.138. The lowest BCUT2D eigenvalue weighted by Crippen LogP contribution is -2.31. The Bertz CT molecular complexity index is 403. The predicted octanol–water partition coefficient (Wildman–Crippen LogP) is 2.11. The summed E-state index contributed by atoms with van der Waals surface area (Å²) in [6.07, 6.45) is 0.580. The smallest absolute Gasteiger partial charge is 0.303 e. The number of carboxylic acids is 1. The van der Waals surface area contributed by atoms with Crippen LogP contribution < -0.4 is 0 Å². The molecule has 0 aliphatic heterocycles. The summed E-state index contributed by atoms with van der Waals surface area (Å²) >= 11 is 0. The van der Waals surface area contributed by atoms with Crippen LogP contribution in [-0.2, 0) is 9.59 Å².